The number of hydrogen-bond acceptors (Lipinski definition) is 3. The maximum atomic E-state index is 11.9. The molecule has 1 saturated carbocycles. The Morgan fingerprint density at radius 2 is 2.05 bits per heavy atom. The highest BCUT2D eigenvalue weighted by atomic mass is 16.6. The van der Waals surface area contributed by atoms with Gasteiger partial charge in [-0.3, -0.25) is 0 Å². The summed E-state index contributed by atoms with van der Waals surface area (Å²) >= 11 is 0. The summed E-state index contributed by atoms with van der Waals surface area (Å²) in [5.41, 5.74) is 0.570. The first-order chi connectivity index (χ1) is 9.87. The Labute approximate surface area is 127 Å². The number of imidazole rings is 1. The summed E-state index contributed by atoms with van der Waals surface area (Å²) in [7, 11) is 0. The lowest BCUT2D eigenvalue weighted by Crippen LogP contribution is -2.35. The predicted octanol–water partition coefficient (Wildman–Crippen LogP) is 3.97. The van der Waals surface area contributed by atoms with Crippen molar-refractivity contribution in [1.82, 2.24) is 14.9 Å². The van der Waals surface area contributed by atoms with Crippen LogP contribution in [0, 0.1) is 0 Å². The fourth-order valence-corrected chi connectivity index (χ4v) is 2.87. The van der Waals surface area contributed by atoms with Crippen molar-refractivity contribution in [3.8, 4) is 0 Å². The summed E-state index contributed by atoms with van der Waals surface area (Å²) in [6.07, 6.45) is 9.62. The molecule has 1 amide bonds. The Hall–Kier alpha value is -1.52. The van der Waals surface area contributed by atoms with Gasteiger partial charge in [-0.2, -0.15) is 0 Å². The minimum absolute atomic E-state index is 0.107. The van der Waals surface area contributed by atoms with Gasteiger partial charge in [-0.25, -0.2) is 9.78 Å². The van der Waals surface area contributed by atoms with Crippen LogP contribution < -0.4 is 5.32 Å². The topological polar surface area (TPSA) is 56.1 Å². The van der Waals surface area contributed by atoms with Crippen LogP contribution in [0.15, 0.2) is 12.5 Å². The van der Waals surface area contributed by atoms with Crippen LogP contribution in [0.2, 0.25) is 0 Å². The van der Waals surface area contributed by atoms with Crippen LogP contribution in [-0.2, 0) is 4.74 Å². The van der Waals surface area contributed by atoms with Gasteiger partial charge in [-0.1, -0.05) is 19.3 Å². The van der Waals surface area contributed by atoms with E-state index in [1.165, 1.54) is 32.1 Å². The summed E-state index contributed by atoms with van der Waals surface area (Å²) in [6, 6.07) is 0.406. The molecule has 1 aromatic heterocycles. The van der Waals surface area contributed by atoms with Crippen molar-refractivity contribution in [2.75, 3.05) is 0 Å². The average Bonchev–Trinajstić information content (AvgIpc) is 2.86. The van der Waals surface area contributed by atoms with Gasteiger partial charge in [0.1, 0.15) is 5.60 Å². The molecule has 5 nitrogen and oxygen atoms in total. The Bertz CT molecular complexity index is 470. The number of aromatic nitrogens is 2. The summed E-state index contributed by atoms with van der Waals surface area (Å²) in [5.74, 6) is 0. The maximum Gasteiger partial charge on any atom is 0.408 e. The first kappa shape index (κ1) is 15.9. The van der Waals surface area contributed by atoms with E-state index in [-0.39, 0.29) is 12.1 Å². The van der Waals surface area contributed by atoms with Crippen molar-refractivity contribution >= 4 is 6.09 Å². The molecular weight excluding hydrogens is 266 g/mol. The number of carbonyl (C=O) groups is 1. The van der Waals surface area contributed by atoms with Crippen LogP contribution in [0.1, 0.15) is 77.6 Å². The van der Waals surface area contributed by atoms with E-state index in [1.54, 1.807) is 0 Å². The molecule has 1 N–H and O–H groups in total. The third-order valence-electron chi connectivity index (χ3n) is 3.84. The molecule has 0 aromatic carbocycles. The van der Waals surface area contributed by atoms with Crippen LogP contribution >= 0.6 is 0 Å². The Balaban J connectivity index is 2.01. The van der Waals surface area contributed by atoms with Gasteiger partial charge in [0.15, 0.2) is 0 Å². The zero-order chi connectivity index (χ0) is 15.5. The fourth-order valence-electron chi connectivity index (χ4n) is 2.87. The van der Waals surface area contributed by atoms with E-state index < -0.39 is 5.60 Å². The highest BCUT2D eigenvalue weighted by Gasteiger charge is 2.23. The molecule has 1 fully saturated rings. The third kappa shape index (κ3) is 4.48. The highest BCUT2D eigenvalue weighted by Crippen LogP contribution is 2.30. The number of rotatable bonds is 3. The largest absolute Gasteiger partial charge is 0.444 e. The summed E-state index contributed by atoms with van der Waals surface area (Å²) in [5, 5.41) is 2.90. The molecular formula is C16H27N3O2. The Morgan fingerprint density at radius 3 is 2.67 bits per heavy atom. The van der Waals surface area contributed by atoms with E-state index in [4.69, 9.17) is 4.74 Å². The monoisotopic (exact) mass is 293 g/mol. The van der Waals surface area contributed by atoms with Crippen molar-refractivity contribution < 1.29 is 9.53 Å². The van der Waals surface area contributed by atoms with Crippen molar-refractivity contribution in [2.45, 2.75) is 77.5 Å². The molecule has 0 aliphatic heterocycles. The lowest BCUT2D eigenvalue weighted by Gasteiger charge is -2.27. The smallest absolute Gasteiger partial charge is 0.408 e. The van der Waals surface area contributed by atoms with Gasteiger partial charge in [0.2, 0.25) is 0 Å². The maximum absolute atomic E-state index is 11.9. The second-order valence-electron chi connectivity index (χ2n) is 6.89. The van der Waals surface area contributed by atoms with Crippen LogP contribution in [0.5, 0.6) is 0 Å². The minimum atomic E-state index is -0.479. The van der Waals surface area contributed by atoms with Gasteiger partial charge in [0.05, 0.1) is 24.3 Å². The first-order valence-corrected chi connectivity index (χ1v) is 7.88. The van der Waals surface area contributed by atoms with Gasteiger partial charge in [-0.05, 0) is 40.5 Å². The molecule has 1 aliphatic rings. The van der Waals surface area contributed by atoms with Gasteiger partial charge in [0, 0.05) is 6.04 Å². The molecule has 2 rings (SSSR count). The first-order valence-electron chi connectivity index (χ1n) is 7.88. The molecule has 1 aromatic rings. The molecule has 21 heavy (non-hydrogen) atoms. The Kier molecular flexibility index (Phi) is 4.91. The molecule has 0 unspecified atom stereocenters. The molecule has 0 saturated heterocycles. The van der Waals surface area contributed by atoms with Crippen molar-refractivity contribution in [1.29, 1.82) is 0 Å². The van der Waals surface area contributed by atoms with Crippen LogP contribution in [-0.4, -0.2) is 21.2 Å². The summed E-state index contributed by atoms with van der Waals surface area (Å²) in [4.78, 5) is 16.2. The Morgan fingerprint density at radius 1 is 1.38 bits per heavy atom. The molecule has 5 heteroatoms. The zero-order valence-electron chi connectivity index (χ0n) is 13.6. The van der Waals surface area contributed by atoms with E-state index in [2.05, 4.69) is 14.9 Å². The third-order valence-corrected chi connectivity index (χ3v) is 3.84. The van der Waals surface area contributed by atoms with E-state index in [0.717, 1.165) is 5.69 Å². The van der Waals surface area contributed by atoms with Crippen molar-refractivity contribution in [3.63, 3.8) is 0 Å². The molecule has 118 valence electrons. The number of ether oxygens (including phenoxy) is 1. The van der Waals surface area contributed by atoms with E-state index in [1.807, 2.05) is 40.2 Å². The van der Waals surface area contributed by atoms with E-state index in [0.29, 0.717) is 6.04 Å². The van der Waals surface area contributed by atoms with E-state index >= 15 is 0 Å². The van der Waals surface area contributed by atoms with Gasteiger partial charge in [-0.15, -0.1) is 0 Å². The quantitative estimate of drug-likeness (QED) is 0.917. The van der Waals surface area contributed by atoms with E-state index in [9.17, 15) is 4.79 Å². The minimum Gasteiger partial charge on any atom is -0.444 e. The van der Waals surface area contributed by atoms with Crippen LogP contribution in [0.25, 0.3) is 0 Å². The van der Waals surface area contributed by atoms with Gasteiger partial charge in [0.25, 0.3) is 0 Å². The zero-order valence-corrected chi connectivity index (χ0v) is 13.6. The van der Waals surface area contributed by atoms with Crippen molar-refractivity contribution in [2.24, 2.45) is 0 Å². The molecule has 1 atom stereocenters. The molecule has 0 radical (unpaired) electrons. The standard InChI is InChI=1S/C16H27N3O2/c1-12(18-15(20)21-16(2,3)4)14-10-17-11-19(14)13-8-6-5-7-9-13/h10-13H,5-9H2,1-4H3,(H,18,20)/t12-/m0/s1. The molecule has 1 aliphatic carbocycles. The number of nitrogens with zero attached hydrogens (tertiary/aromatic N) is 2. The van der Waals surface area contributed by atoms with Crippen LogP contribution in [0.4, 0.5) is 4.79 Å². The fraction of sp³-hybridized carbons (Fsp3) is 0.750. The number of amides is 1. The summed E-state index contributed by atoms with van der Waals surface area (Å²) < 4.78 is 7.54. The lowest BCUT2D eigenvalue weighted by molar-refractivity contribution is 0.0505. The number of hydrogen-bond donors (Lipinski definition) is 1. The second kappa shape index (κ2) is 6.50. The number of alkyl carbamates (subject to hydrolysis) is 1. The normalized spacial score (nSPS) is 18.3. The predicted molar refractivity (Wildman–Crippen MR) is 82.1 cm³/mol. The van der Waals surface area contributed by atoms with Crippen molar-refractivity contribution in [3.05, 3.63) is 18.2 Å². The second-order valence-corrected chi connectivity index (χ2v) is 6.89. The SMILES string of the molecule is C[C@H](NC(=O)OC(C)(C)C)c1cncn1C1CCCCC1. The average molecular weight is 293 g/mol. The number of nitrogens with one attached hydrogen (secondary N) is 1. The number of carbonyl (C=O) groups excluding carboxylic acids is 1. The molecule has 0 bridgehead atoms. The van der Waals surface area contributed by atoms with Gasteiger partial charge >= 0.3 is 6.09 Å². The van der Waals surface area contributed by atoms with Gasteiger partial charge < -0.3 is 14.6 Å². The molecule has 0 spiro atoms. The van der Waals surface area contributed by atoms with Crippen LogP contribution in [0.3, 0.4) is 0 Å². The molecule has 1 heterocycles. The lowest BCUT2D eigenvalue weighted by atomic mass is 9.95. The summed E-state index contributed by atoms with van der Waals surface area (Å²) in [6.45, 7) is 7.57. The highest BCUT2D eigenvalue weighted by molar-refractivity contribution is 5.68.